The summed E-state index contributed by atoms with van der Waals surface area (Å²) in [5, 5.41) is 4.93. The molecule has 0 spiro atoms. The minimum Gasteiger partial charge on any atom is -0.453 e. The highest BCUT2D eigenvalue weighted by Gasteiger charge is 2.35. The second-order valence-corrected chi connectivity index (χ2v) is 5.79. The average molecular weight is 312 g/mol. The molecule has 0 unspecified atom stereocenters. The summed E-state index contributed by atoms with van der Waals surface area (Å²) in [6.45, 7) is 2.64. The Morgan fingerprint density at radius 2 is 2.00 bits per heavy atom. The first-order valence-electron chi connectivity index (χ1n) is 7.74. The minimum atomic E-state index is -0.566. The van der Waals surface area contributed by atoms with E-state index in [0.717, 1.165) is 10.9 Å². The Bertz CT molecular complexity index is 744. The normalized spacial score (nSPS) is 19.0. The largest absolute Gasteiger partial charge is 0.453 e. The van der Waals surface area contributed by atoms with E-state index in [-0.39, 0.29) is 11.9 Å². The Hall–Kier alpha value is -2.56. The molecular weight excluding hydrogens is 292 g/mol. The van der Waals surface area contributed by atoms with Crippen molar-refractivity contribution < 1.29 is 14.3 Å². The zero-order valence-electron chi connectivity index (χ0n) is 13.3. The fraction of sp³-hybridized carbons (Fsp3) is 0.333. The summed E-state index contributed by atoms with van der Waals surface area (Å²) in [5.41, 5.74) is 1.09. The van der Waals surface area contributed by atoms with Gasteiger partial charge in [0, 0.05) is 6.54 Å². The zero-order chi connectivity index (χ0) is 16.4. The quantitative estimate of drug-likeness (QED) is 0.948. The second kappa shape index (κ2) is 6.28. The van der Waals surface area contributed by atoms with Crippen LogP contribution in [0.2, 0.25) is 0 Å². The first-order chi connectivity index (χ1) is 11.1. The van der Waals surface area contributed by atoms with Gasteiger partial charge in [0.1, 0.15) is 6.04 Å². The number of rotatable bonds is 3. The molecule has 1 N–H and O–H groups in total. The first kappa shape index (κ1) is 15.3. The number of likely N-dealkylation sites (tertiary alicyclic amines) is 1. The topological polar surface area (TPSA) is 58.6 Å². The monoisotopic (exact) mass is 312 g/mol. The van der Waals surface area contributed by atoms with E-state index < -0.39 is 12.1 Å². The Morgan fingerprint density at radius 1 is 1.26 bits per heavy atom. The Balaban J connectivity index is 1.78. The van der Waals surface area contributed by atoms with Crippen LogP contribution in [0.1, 0.15) is 24.9 Å². The summed E-state index contributed by atoms with van der Waals surface area (Å²) in [6.07, 6.45) is 0.0369. The van der Waals surface area contributed by atoms with Crippen LogP contribution in [0.25, 0.3) is 10.8 Å². The molecule has 2 atom stereocenters. The maximum atomic E-state index is 12.5. The van der Waals surface area contributed by atoms with E-state index in [0.29, 0.717) is 13.0 Å². The average Bonchev–Trinajstić information content (AvgIpc) is 2.94. The predicted molar refractivity (Wildman–Crippen MR) is 88.0 cm³/mol. The van der Waals surface area contributed by atoms with Crippen molar-refractivity contribution in [2.75, 3.05) is 13.7 Å². The van der Waals surface area contributed by atoms with Gasteiger partial charge in [-0.05, 0) is 35.7 Å². The highest BCUT2D eigenvalue weighted by molar-refractivity contribution is 5.88. The fourth-order valence-corrected chi connectivity index (χ4v) is 3.07. The molecule has 0 radical (unpaired) electrons. The van der Waals surface area contributed by atoms with E-state index in [1.807, 2.05) is 24.0 Å². The lowest BCUT2D eigenvalue weighted by Crippen LogP contribution is -2.42. The smallest absolute Gasteiger partial charge is 0.407 e. The molecule has 1 aliphatic rings. The van der Waals surface area contributed by atoms with Crippen molar-refractivity contribution in [3.63, 3.8) is 0 Å². The van der Waals surface area contributed by atoms with Gasteiger partial charge < -0.3 is 15.0 Å². The van der Waals surface area contributed by atoms with E-state index in [9.17, 15) is 9.59 Å². The van der Waals surface area contributed by atoms with Crippen LogP contribution in [0.3, 0.4) is 0 Å². The molecule has 1 heterocycles. The second-order valence-electron chi connectivity index (χ2n) is 5.79. The SMILES string of the molecule is COC(=O)N[C@H]1CCN([C@@H](C)c2ccc3ccccc3c2)C1=O. The van der Waals surface area contributed by atoms with E-state index in [4.69, 9.17) is 0 Å². The molecule has 0 aliphatic carbocycles. The Kier molecular flexibility index (Phi) is 4.19. The van der Waals surface area contributed by atoms with Gasteiger partial charge in [0.05, 0.1) is 13.2 Å². The van der Waals surface area contributed by atoms with Crippen molar-refractivity contribution in [3.8, 4) is 0 Å². The number of alkyl carbamates (subject to hydrolysis) is 1. The van der Waals surface area contributed by atoms with Crippen molar-refractivity contribution >= 4 is 22.8 Å². The molecule has 120 valence electrons. The number of ether oxygens (including phenoxy) is 1. The summed E-state index contributed by atoms with van der Waals surface area (Å²) in [7, 11) is 1.30. The van der Waals surface area contributed by atoms with Gasteiger partial charge in [-0.1, -0.05) is 36.4 Å². The third-order valence-electron chi connectivity index (χ3n) is 4.44. The van der Waals surface area contributed by atoms with Crippen LogP contribution >= 0.6 is 0 Å². The lowest BCUT2D eigenvalue weighted by atomic mass is 10.0. The standard InChI is InChI=1S/C18H20N2O3/c1-12(14-8-7-13-5-3-4-6-15(13)11-14)20-10-9-16(17(20)21)19-18(22)23-2/h3-8,11-12,16H,9-10H2,1-2H3,(H,19,22)/t12-,16-/m0/s1. The first-order valence-corrected chi connectivity index (χ1v) is 7.74. The lowest BCUT2D eigenvalue weighted by Gasteiger charge is -2.25. The number of nitrogens with zero attached hydrogens (tertiary/aromatic N) is 1. The van der Waals surface area contributed by atoms with Gasteiger partial charge >= 0.3 is 6.09 Å². The maximum Gasteiger partial charge on any atom is 0.407 e. The van der Waals surface area contributed by atoms with Crippen molar-refractivity contribution in [1.82, 2.24) is 10.2 Å². The molecule has 23 heavy (non-hydrogen) atoms. The molecule has 2 aromatic rings. The molecule has 2 aromatic carbocycles. The third kappa shape index (κ3) is 2.99. The molecule has 5 nitrogen and oxygen atoms in total. The number of methoxy groups -OCH3 is 1. The van der Waals surface area contributed by atoms with Crippen molar-refractivity contribution in [1.29, 1.82) is 0 Å². The van der Waals surface area contributed by atoms with Crippen LogP contribution in [0, 0.1) is 0 Å². The van der Waals surface area contributed by atoms with Crippen LogP contribution in [-0.2, 0) is 9.53 Å². The number of benzene rings is 2. The number of hydrogen-bond acceptors (Lipinski definition) is 3. The molecular formula is C18H20N2O3. The molecule has 5 heteroatoms. The summed E-state index contributed by atoms with van der Waals surface area (Å²) < 4.78 is 4.57. The molecule has 0 saturated carbocycles. The van der Waals surface area contributed by atoms with Gasteiger partial charge in [-0.15, -0.1) is 0 Å². The minimum absolute atomic E-state index is 0.0310. The van der Waals surface area contributed by atoms with Crippen LogP contribution in [0.5, 0.6) is 0 Å². The van der Waals surface area contributed by atoms with Gasteiger partial charge in [0.2, 0.25) is 5.91 Å². The van der Waals surface area contributed by atoms with E-state index in [1.54, 1.807) is 0 Å². The van der Waals surface area contributed by atoms with Gasteiger partial charge in [0.25, 0.3) is 0 Å². The van der Waals surface area contributed by atoms with Gasteiger partial charge in [-0.2, -0.15) is 0 Å². The van der Waals surface area contributed by atoms with Crippen LogP contribution < -0.4 is 5.32 Å². The number of fused-ring (bicyclic) bond motifs is 1. The summed E-state index contributed by atoms with van der Waals surface area (Å²) >= 11 is 0. The molecule has 3 rings (SSSR count). The molecule has 1 fully saturated rings. The lowest BCUT2D eigenvalue weighted by molar-refractivity contribution is -0.131. The third-order valence-corrected chi connectivity index (χ3v) is 4.44. The van der Waals surface area contributed by atoms with Crippen LogP contribution in [0.4, 0.5) is 4.79 Å². The van der Waals surface area contributed by atoms with E-state index >= 15 is 0 Å². The Labute approximate surface area is 135 Å². The predicted octanol–water partition coefficient (Wildman–Crippen LogP) is 2.86. The number of carbonyl (C=O) groups is 2. The van der Waals surface area contributed by atoms with Gasteiger partial charge in [-0.3, -0.25) is 4.79 Å². The Morgan fingerprint density at radius 3 is 2.74 bits per heavy atom. The summed E-state index contributed by atoms with van der Waals surface area (Å²) in [5.74, 6) is -0.0592. The highest BCUT2D eigenvalue weighted by Crippen LogP contribution is 2.28. The van der Waals surface area contributed by atoms with Crippen LogP contribution in [-0.4, -0.2) is 36.6 Å². The molecule has 2 amide bonds. The van der Waals surface area contributed by atoms with Crippen LogP contribution in [0.15, 0.2) is 42.5 Å². The van der Waals surface area contributed by atoms with E-state index in [1.165, 1.54) is 12.5 Å². The van der Waals surface area contributed by atoms with Gasteiger partial charge in [-0.25, -0.2) is 4.79 Å². The molecule has 0 bridgehead atoms. The van der Waals surface area contributed by atoms with Crippen molar-refractivity contribution in [2.24, 2.45) is 0 Å². The number of hydrogen-bond donors (Lipinski definition) is 1. The van der Waals surface area contributed by atoms with E-state index in [2.05, 4.69) is 40.4 Å². The van der Waals surface area contributed by atoms with Gasteiger partial charge in [0.15, 0.2) is 0 Å². The molecule has 1 saturated heterocycles. The number of carbonyl (C=O) groups excluding carboxylic acids is 2. The van der Waals surface area contributed by atoms with Crippen molar-refractivity contribution in [3.05, 3.63) is 48.0 Å². The molecule has 1 aliphatic heterocycles. The molecule has 0 aromatic heterocycles. The zero-order valence-corrected chi connectivity index (χ0v) is 13.3. The summed E-state index contributed by atoms with van der Waals surface area (Å²) in [6, 6.07) is 13.9. The number of nitrogens with one attached hydrogen (secondary N) is 1. The van der Waals surface area contributed by atoms with Crippen molar-refractivity contribution in [2.45, 2.75) is 25.4 Å². The number of amides is 2. The highest BCUT2D eigenvalue weighted by atomic mass is 16.5. The summed E-state index contributed by atoms with van der Waals surface area (Å²) in [4.78, 5) is 25.6. The maximum absolute atomic E-state index is 12.5. The fourth-order valence-electron chi connectivity index (χ4n) is 3.07.